The van der Waals surface area contributed by atoms with Gasteiger partial charge >= 0.3 is 5.69 Å². The zero-order chi connectivity index (χ0) is 19.0. The third-order valence-corrected chi connectivity index (χ3v) is 5.53. The summed E-state index contributed by atoms with van der Waals surface area (Å²) in [5.41, 5.74) is 2.74. The topological polar surface area (TPSA) is 102 Å². The molecule has 1 aliphatic heterocycles. The number of fused-ring (bicyclic) bond motifs is 2. The van der Waals surface area contributed by atoms with Crippen molar-refractivity contribution in [2.75, 3.05) is 6.54 Å². The van der Waals surface area contributed by atoms with Crippen molar-refractivity contribution in [3.05, 3.63) is 38.8 Å². The average Bonchev–Trinajstić information content (AvgIpc) is 3.17. The number of carbonyl (C=O) groups excluding carboxylic acids is 2. The first-order valence-corrected chi connectivity index (χ1v) is 9.75. The summed E-state index contributed by atoms with van der Waals surface area (Å²) in [6.45, 7) is 3.51. The molecule has 2 aliphatic rings. The lowest BCUT2D eigenvalue weighted by Crippen LogP contribution is -2.29. The molecule has 0 unspecified atom stereocenters. The van der Waals surface area contributed by atoms with Crippen LogP contribution in [0.3, 0.4) is 0 Å². The molecule has 8 nitrogen and oxygen atoms in total. The van der Waals surface area contributed by atoms with E-state index in [2.05, 4.69) is 15.4 Å². The Hall–Kier alpha value is -2.64. The van der Waals surface area contributed by atoms with Gasteiger partial charge in [-0.25, -0.2) is 9.48 Å². The number of nitrogens with one attached hydrogen (secondary N) is 2. The van der Waals surface area contributed by atoms with Crippen LogP contribution >= 0.6 is 0 Å². The maximum atomic E-state index is 12.5. The van der Waals surface area contributed by atoms with Crippen LogP contribution in [0.4, 0.5) is 0 Å². The van der Waals surface area contributed by atoms with E-state index in [-0.39, 0.29) is 17.4 Å². The van der Waals surface area contributed by atoms with Crippen LogP contribution < -0.4 is 11.0 Å². The molecule has 3 heterocycles. The van der Waals surface area contributed by atoms with Gasteiger partial charge in [0, 0.05) is 43.7 Å². The van der Waals surface area contributed by atoms with E-state index in [0.717, 1.165) is 55.7 Å². The second-order valence-corrected chi connectivity index (χ2v) is 7.40. The Kier molecular flexibility index (Phi) is 4.72. The van der Waals surface area contributed by atoms with Crippen molar-refractivity contribution in [1.29, 1.82) is 0 Å². The van der Waals surface area contributed by atoms with Crippen LogP contribution in [-0.4, -0.2) is 37.6 Å². The van der Waals surface area contributed by atoms with Gasteiger partial charge in [-0.05, 0) is 44.6 Å². The number of aromatic amines is 1. The van der Waals surface area contributed by atoms with Crippen molar-refractivity contribution in [3.8, 4) is 0 Å². The fraction of sp³-hybridized carbons (Fsp3) is 0.579. The molecule has 0 atom stereocenters. The van der Waals surface area contributed by atoms with Gasteiger partial charge in [0.25, 0.3) is 5.91 Å². The number of nitrogens with zero attached hydrogens (tertiary/aromatic N) is 3. The Balaban J connectivity index is 1.35. The molecular weight excluding hydrogens is 346 g/mol. The van der Waals surface area contributed by atoms with Gasteiger partial charge in [0.05, 0.1) is 0 Å². The summed E-state index contributed by atoms with van der Waals surface area (Å²) >= 11 is 0. The Bertz CT molecular complexity index is 949. The SMILES string of the molecule is Cc1c(C(=O)NCCCn2nc3n(c2=O)CCCC3)[nH]c2c1C(=O)CCC2. The number of H-pyrrole nitrogens is 1. The highest BCUT2D eigenvalue weighted by molar-refractivity contribution is 6.04. The Morgan fingerprint density at radius 1 is 1.19 bits per heavy atom. The summed E-state index contributed by atoms with van der Waals surface area (Å²) in [6.07, 6.45) is 5.77. The van der Waals surface area contributed by atoms with Crippen molar-refractivity contribution < 1.29 is 9.59 Å². The van der Waals surface area contributed by atoms with Crippen LogP contribution in [0.25, 0.3) is 0 Å². The van der Waals surface area contributed by atoms with Crippen molar-refractivity contribution >= 4 is 11.7 Å². The summed E-state index contributed by atoms with van der Waals surface area (Å²) in [5, 5.41) is 7.29. The van der Waals surface area contributed by atoms with Crippen molar-refractivity contribution in [2.24, 2.45) is 0 Å². The second-order valence-electron chi connectivity index (χ2n) is 7.40. The van der Waals surface area contributed by atoms with E-state index in [4.69, 9.17) is 0 Å². The molecule has 0 saturated heterocycles. The summed E-state index contributed by atoms with van der Waals surface area (Å²) in [7, 11) is 0. The van der Waals surface area contributed by atoms with Crippen molar-refractivity contribution in [1.82, 2.24) is 24.6 Å². The van der Waals surface area contributed by atoms with Gasteiger partial charge in [-0.1, -0.05) is 0 Å². The normalized spacial score (nSPS) is 16.1. The van der Waals surface area contributed by atoms with Gasteiger partial charge in [0.15, 0.2) is 5.78 Å². The Morgan fingerprint density at radius 3 is 2.81 bits per heavy atom. The lowest BCUT2D eigenvalue weighted by Gasteiger charge is -2.09. The monoisotopic (exact) mass is 371 g/mol. The standard InChI is InChI=1S/C19H25N5O3/c1-12-16-13(6-4-7-14(16)25)21-17(12)18(26)20-9-5-11-24-19(27)23-10-3-2-8-15(23)22-24/h21H,2-11H2,1H3,(H,20,26). The van der Waals surface area contributed by atoms with Gasteiger partial charge in [-0.2, -0.15) is 5.10 Å². The molecule has 8 heteroatoms. The van der Waals surface area contributed by atoms with E-state index in [1.807, 2.05) is 6.92 Å². The summed E-state index contributed by atoms with van der Waals surface area (Å²) in [6, 6.07) is 0. The lowest BCUT2D eigenvalue weighted by atomic mass is 9.94. The number of aromatic nitrogens is 4. The summed E-state index contributed by atoms with van der Waals surface area (Å²) < 4.78 is 3.26. The molecule has 2 aromatic heterocycles. The smallest absolute Gasteiger partial charge is 0.345 e. The number of rotatable bonds is 5. The highest BCUT2D eigenvalue weighted by Crippen LogP contribution is 2.26. The van der Waals surface area contributed by atoms with E-state index < -0.39 is 0 Å². The molecule has 27 heavy (non-hydrogen) atoms. The summed E-state index contributed by atoms with van der Waals surface area (Å²) in [5.74, 6) is 0.783. The fourth-order valence-corrected chi connectivity index (χ4v) is 4.11. The van der Waals surface area contributed by atoms with Gasteiger partial charge in [0.2, 0.25) is 0 Å². The highest BCUT2D eigenvalue weighted by atomic mass is 16.2. The first kappa shape index (κ1) is 17.8. The molecule has 0 radical (unpaired) electrons. The minimum absolute atomic E-state index is 0.0533. The Labute approximate surface area is 157 Å². The number of Topliss-reactive ketones (excluding diaryl/α,β-unsaturated/α-hetero) is 1. The predicted molar refractivity (Wildman–Crippen MR) is 99.2 cm³/mol. The van der Waals surface area contributed by atoms with Crippen LogP contribution in [0.1, 0.15) is 70.0 Å². The first-order valence-electron chi connectivity index (χ1n) is 9.75. The maximum absolute atomic E-state index is 12.5. The molecule has 0 spiro atoms. The molecular formula is C19H25N5O3. The van der Waals surface area contributed by atoms with Crippen LogP contribution in [0.15, 0.2) is 4.79 Å². The van der Waals surface area contributed by atoms with E-state index in [0.29, 0.717) is 37.2 Å². The van der Waals surface area contributed by atoms with E-state index >= 15 is 0 Å². The van der Waals surface area contributed by atoms with Crippen LogP contribution in [0, 0.1) is 6.92 Å². The zero-order valence-corrected chi connectivity index (χ0v) is 15.6. The molecule has 0 fully saturated rings. The molecule has 2 N–H and O–H groups in total. The molecule has 2 aromatic rings. The molecule has 144 valence electrons. The highest BCUT2D eigenvalue weighted by Gasteiger charge is 2.26. The van der Waals surface area contributed by atoms with E-state index in [1.54, 1.807) is 4.57 Å². The summed E-state index contributed by atoms with van der Waals surface area (Å²) in [4.78, 5) is 40.0. The number of amides is 1. The van der Waals surface area contributed by atoms with Crippen molar-refractivity contribution in [2.45, 2.75) is 65.0 Å². The molecule has 0 aromatic carbocycles. The molecule has 1 aliphatic carbocycles. The van der Waals surface area contributed by atoms with Crippen LogP contribution in [0.5, 0.6) is 0 Å². The number of ketones is 1. The number of aryl methyl sites for hydroxylation is 3. The number of hydrogen-bond acceptors (Lipinski definition) is 4. The third-order valence-electron chi connectivity index (χ3n) is 5.53. The second kappa shape index (κ2) is 7.17. The molecule has 1 amide bonds. The molecule has 4 rings (SSSR count). The average molecular weight is 371 g/mol. The van der Waals surface area contributed by atoms with Crippen molar-refractivity contribution in [3.63, 3.8) is 0 Å². The van der Waals surface area contributed by atoms with E-state index in [1.165, 1.54) is 4.68 Å². The quantitative estimate of drug-likeness (QED) is 0.775. The lowest BCUT2D eigenvalue weighted by molar-refractivity contribution is 0.0946. The van der Waals surface area contributed by atoms with Gasteiger partial charge in [-0.3, -0.25) is 14.2 Å². The van der Waals surface area contributed by atoms with Crippen LogP contribution in [-0.2, 0) is 25.9 Å². The van der Waals surface area contributed by atoms with Crippen LogP contribution in [0.2, 0.25) is 0 Å². The minimum Gasteiger partial charge on any atom is -0.354 e. The number of carbonyl (C=O) groups is 2. The first-order chi connectivity index (χ1) is 13.1. The largest absolute Gasteiger partial charge is 0.354 e. The van der Waals surface area contributed by atoms with Gasteiger partial charge < -0.3 is 10.3 Å². The third kappa shape index (κ3) is 3.24. The molecule has 0 saturated carbocycles. The maximum Gasteiger partial charge on any atom is 0.345 e. The fourth-order valence-electron chi connectivity index (χ4n) is 4.11. The Morgan fingerprint density at radius 2 is 2.04 bits per heavy atom. The number of hydrogen-bond donors (Lipinski definition) is 2. The van der Waals surface area contributed by atoms with E-state index in [9.17, 15) is 14.4 Å². The van der Waals surface area contributed by atoms with Gasteiger partial charge in [-0.15, -0.1) is 0 Å². The van der Waals surface area contributed by atoms with Gasteiger partial charge in [0.1, 0.15) is 11.5 Å². The predicted octanol–water partition coefficient (Wildman–Crippen LogP) is 1.36. The molecule has 0 bridgehead atoms. The minimum atomic E-state index is -0.203. The zero-order valence-electron chi connectivity index (χ0n) is 15.6.